The molecule has 1 saturated heterocycles. The third-order valence-corrected chi connectivity index (χ3v) is 13.6. The van der Waals surface area contributed by atoms with Crippen LogP contribution in [0.3, 0.4) is 0 Å². The summed E-state index contributed by atoms with van der Waals surface area (Å²) in [5.74, 6) is -0.225. The number of carbonyl (C=O) groups is 1. The quantitative estimate of drug-likeness (QED) is 0.0251. The Morgan fingerprint density at radius 3 is 1.25 bits per heavy atom. The first-order valence-corrected chi connectivity index (χ1v) is 28.3. The van der Waals surface area contributed by atoms with E-state index < -0.39 is 59.9 Å². The van der Waals surface area contributed by atoms with Crippen LogP contribution in [0.4, 0.5) is 0 Å². The van der Waals surface area contributed by atoms with Crippen molar-refractivity contribution in [1.29, 1.82) is 0 Å². The van der Waals surface area contributed by atoms with Crippen molar-refractivity contribution in [2.24, 2.45) is 0 Å². The highest BCUT2D eigenvalue weighted by Crippen LogP contribution is 2.26. The van der Waals surface area contributed by atoms with Crippen LogP contribution in [0.25, 0.3) is 0 Å². The largest absolute Gasteiger partial charge is 0.397 e. The van der Waals surface area contributed by atoms with Crippen molar-refractivity contribution in [2.45, 2.75) is 307 Å². The van der Waals surface area contributed by atoms with Crippen LogP contribution in [0.15, 0.2) is 0 Å². The first-order chi connectivity index (χ1) is 31.0. The normalized spacial score (nSPS) is 20.1. The molecule has 12 nitrogen and oxygen atoms in total. The van der Waals surface area contributed by atoms with E-state index in [4.69, 9.17) is 9.47 Å². The van der Waals surface area contributed by atoms with Crippen molar-refractivity contribution in [1.82, 2.24) is 5.32 Å². The maximum absolute atomic E-state index is 13.1. The number of aliphatic hydroxyl groups is 4. The number of hydrogen-bond donors (Lipinski definition) is 6. The fraction of sp³-hybridized carbons (Fsp3) is 0.980. The van der Waals surface area contributed by atoms with Gasteiger partial charge in [0, 0.05) is 6.42 Å². The number of carbonyl (C=O) groups excluding carboxylic acids is 1. The molecule has 64 heavy (non-hydrogen) atoms. The Kier molecular flexibility index (Phi) is 40.3. The van der Waals surface area contributed by atoms with E-state index in [2.05, 4.69) is 23.3 Å². The van der Waals surface area contributed by atoms with Gasteiger partial charge >= 0.3 is 10.4 Å². The second kappa shape index (κ2) is 42.2. The lowest BCUT2D eigenvalue weighted by molar-refractivity contribution is -0.298. The van der Waals surface area contributed by atoms with Crippen molar-refractivity contribution in [2.75, 3.05) is 13.2 Å². The molecular weight excluding hydrogens is 835 g/mol. The average molecular weight is 936 g/mol. The first-order valence-electron chi connectivity index (χ1n) is 26.9. The molecule has 1 rings (SSSR count). The topological polar surface area (TPSA) is 192 Å². The minimum absolute atomic E-state index is 0.225. The first kappa shape index (κ1) is 61.1. The van der Waals surface area contributed by atoms with Crippen molar-refractivity contribution in [3.8, 4) is 0 Å². The molecule has 382 valence electrons. The summed E-state index contributed by atoms with van der Waals surface area (Å²) in [6.45, 7) is 3.46. The van der Waals surface area contributed by atoms with Gasteiger partial charge in [0.1, 0.15) is 24.4 Å². The number of ether oxygens (including phenoxy) is 2. The molecule has 1 aliphatic rings. The van der Waals surface area contributed by atoms with Crippen molar-refractivity contribution >= 4 is 16.3 Å². The molecule has 0 aromatic rings. The monoisotopic (exact) mass is 936 g/mol. The summed E-state index contributed by atoms with van der Waals surface area (Å²) >= 11 is 0. The third-order valence-electron chi connectivity index (χ3n) is 13.2. The van der Waals surface area contributed by atoms with Gasteiger partial charge in [-0.05, 0) is 12.8 Å². The summed E-state index contributed by atoms with van der Waals surface area (Å²) in [6.07, 6.45) is 38.4. The lowest BCUT2D eigenvalue weighted by Crippen LogP contribution is -2.61. The van der Waals surface area contributed by atoms with Crippen molar-refractivity contribution in [3.63, 3.8) is 0 Å². The minimum atomic E-state index is -5.07. The van der Waals surface area contributed by atoms with Crippen LogP contribution < -0.4 is 5.32 Å². The third kappa shape index (κ3) is 34.4. The van der Waals surface area contributed by atoms with Crippen LogP contribution in [0.1, 0.15) is 264 Å². The Hall–Kier alpha value is -0.900. The molecule has 0 aromatic carbocycles. The Balaban J connectivity index is 2.28. The average Bonchev–Trinajstić information content (AvgIpc) is 3.27. The van der Waals surface area contributed by atoms with Crippen LogP contribution in [0.2, 0.25) is 0 Å². The van der Waals surface area contributed by atoms with Crippen LogP contribution in [0, 0.1) is 0 Å². The molecule has 1 heterocycles. The standard InChI is InChI=1S/C51H101NO11S/c1-3-5-7-9-11-13-15-16-17-18-19-20-21-22-23-24-25-26-27-28-29-31-33-35-37-39-41-47(55)52-44(45(54)40-38-36-34-32-30-14-12-10-8-6-4-2)43-61-51-49(57)50(63-64(58,59)60)48(56)46(42-53)62-51/h44-46,48-51,53-54,56-57H,3-43H2,1-2H3,(H,52,55)(H,58,59,60). The van der Waals surface area contributed by atoms with Gasteiger partial charge in [-0.1, -0.05) is 245 Å². The molecule has 0 radical (unpaired) electrons. The molecule has 0 spiro atoms. The highest BCUT2D eigenvalue weighted by atomic mass is 32.3. The summed E-state index contributed by atoms with van der Waals surface area (Å²) in [6, 6.07) is -0.851. The summed E-state index contributed by atoms with van der Waals surface area (Å²) < 4.78 is 47.7. The van der Waals surface area contributed by atoms with Gasteiger partial charge in [-0.15, -0.1) is 0 Å². The van der Waals surface area contributed by atoms with Gasteiger partial charge in [0.2, 0.25) is 5.91 Å². The molecule has 7 unspecified atom stereocenters. The Bertz CT molecular complexity index is 1150. The van der Waals surface area contributed by atoms with Crippen LogP contribution >= 0.6 is 0 Å². The molecule has 1 aliphatic heterocycles. The molecule has 1 amide bonds. The fourth-order valence-corrected chi connectivity index (χ4v) is 9.50. The van der Waals surface area contributed by atoms with Crippen LogP contribution in [-0.2, 0) is 28.9 Å². The van der Waals surface area contributed by atoms with E-state index in [-0.39, 0.29) is 12.5 Å². The Morgan fingerprint density at radius 1 is 0.562 bits per heavy atom. The van der Waals surface area contributed by atoms with Crippen molar-refractivity contribution in [3.05, 3.63) is 0 Å². The van der Waals surface area contributed by atoms with Gasteiger partial charge in [-0.2, -0.15) is 8.42 Å². The summed E-state index contributed by atoms with van der Waals surface area (Å²) in [7, 11) is -5.07. The predicted molar refractivity (Wildman–Crippen MR) is 259 cm³/mol. The predicted octanol–water partition coefficient (Wildman–Crippen LogP) is 11.7. The summed E-state index contributed by atoms with van der Waals surface area (Å²) in [5, 5.41) is 44.9. The molecule has 6 N–H and O–H groups in total. The molecular formula is C51H101NO11S. The fourth-order valence-electron chi connectivity index (χ4n) is 8.99. The van der Waals surface area contributed by atoms with Gasteiger partial charge in [0.25, 0.3) is 0 Å². The number of rotatable bonds is 47. The molecule has 0 aliphatic carbocycles. The van der Waals surface area contributed by atoms with Gasteiger partial charge in [0.15, 0.2) is 6.29 Å². The van der Waals surface area contributed by atoms with Crippen molar-refractivity contribution < 1.29 is 51.8 Å². The summed E-state index contributed by atoms with van der Waals surface area (Å²) in [5.41, 5.74) is 0. The number of unbranched alkanes of at least 4 members (excludes halogenated alkanes) is 35. The van der Waals surface area contributed by atoms with E-state index >= 15 is 0 Å². The molecule has 0 aromatic heterocycles. The SMILES string of the molecule is CCCCCCCCCCCCCCCCCCCCCCCCCCCCC(=O)NC(COC1OC(CO)C(O)C(OS(=O)(=O)O)C1O)C(O)CCCCCCCCCCCCC. The maximum Gasteiger partial charge on any atom is 0.397 e. The van der Waals surface area contributed by atoms with E-state index in [1.54, 1.807) is 0 Å². The minimum Gasteiger partial charge on any atom is -0.394 e. The van der Waals surface area contributed by atoms with Gasteiger partial charge in [-0.3, -0.25) is 9.35 Å². The van der Waals surface area contributed by atoms with E-state index in [1.165, 1.54) is 186 Å². The lowest BCUT2D eigenvalue weighted by atomic mass is 9.99. The lowest BCUT2D eigenvalue weighted by Gasteiger charge is -2.41. The Labute approximate surface area is 392 Å². The van der Waals surface area contributed by atoms with E-state index in [0.717, 1.165) is 51.4 Å². The van der Waals surface area contributed by atoms with Gasteiger partial charge in [0.05, 0.1) is 25.4 Å². The number of amides is 1. The number of hydrogen-bond acceptors (Lipinski definition) is 10. The molecule has 7 atom stereocenters. The Morgan fingerprint density at radius 2 is 0.906 bits per heavy atom. The molecule has 13 heteroatoms. The van der Waals surface area contributed by atoms with Crippen LogP contribution in [-0.4, -0.2) is 95.4 Å². The zero-order chi connectivity index (χ0) is 46.9. The molecule has 0 saturated carbocycles. The second-order valence-corrected chi connectivity index (χ2v) is 20.2. The van der Waals surface area contributed by atoms with Crippen LogP contribution in [0.5, 0.6) is 0 Å². The zero-order valence-corrected chi connectivity index (χ0v) is 41.9. The molecule has 1 fully saturated rings. The van der Waals surface area contributed by atoms with Gasteiger partial charge < -0.3 is 35.2 Å². The second-order valence-electron chi connectivity index (χ2n) is 19.2. The smallest absolute Gasteiger partial charge is 0.394 e. The molecule has 0 bridgehead atoms. The van der Waals surface area contributed by atoms with E-state index in [1.807, 2.05) is 0 Å². The summed E-state index contributed by atoms with van der Waals surface area (Å²) in [4.78, 5) is 13.1. The van der Waals surface area contributed by atoms with E-state index in [9.17, 15) is 38.2 Å². The van der Waals surface area contributed by atoms with Gasteiger partial charge in [-0.25, -0.2) is 4.18 Å². The highest BCUT2D eigenvalue weighted by Gasteiger charge is 2.48. The number of aliphatic hydroxyl groups excluding tert-OH is 4. The highest BCUT2D eigenvalue weighted by molar-refractivity contribution is 7.80. The zero-order valence-electron chi connectivity index (χ0n) is 41.1. The maximum atomic E-state index is 13.1. The van der Waals surface area contributed by atoms with E-state index in [0.29, 0.717) is 12.8 Å². The number of nitrogens with one attached hydrogen (secondary N) is 1.